The van der Waals surface area contributed by atoms with Gasteiger partial charge in [0, 0.05) is 22.7 Å². The molecule has 2 aromatic carbocycles. The molecular weight excluding hydrogens is 360 g/mol. The molecule has 1 heterocycles. The number of halogens is 1. The molecule has 1 aliphatic heterocycles. The van der Waals surface area contributed by atoms with E-state index < -0.39 is 0 Å². The highest BCUT2D eigenvalue weighted by Gasteiger charge is 2.38. The van der Waals surface area contributed by atoms with Crippen molar-refractivity contribution in [1.29, 1.82) is 0 Å². The number of nitrogens with one attached hydrogen (secondary N) is 2. The van der Waals surface area contributed by atoms with E-state index in [-0.39, 0.29) is 17.2 Å². The van der Waals surface area contributed by atoms with E-state index in [9.17, 15) is 4.79 Å². The third-order valence-corrected chi connectivity index (χ3v) is 5.44. The number of rotatable bonds is 2. The molecule has 2 aromatic rings. The number of ether oxygens (including phenoxy) is 1. The number of hydrogen-bond acceptors (Lipinski definition) is 4. The number of benzene rings is 2. The van der Waals surface area contributed by atoms with Gasteiger partial charge in [-0.25, -0.2) is 0 Å². The topological polar surface area (TPSA) is 50.4 Å². The summed E-state index contributed by atoms with van der Waals surface area (Å²) >= 11 is 6.23. The fourth-order valence-electron chi connectivity index (χ4n) is 3.99. The number of carbonyl (C=O) groups excluding carboxylic acids is 1. The third-order valence-electron chi connectivity index (χ3n) is 5.20. The van der Waals surface area contributed by atoms with Crippen LogP contribution in [0.2, 0.25) is 5.02 Å². The number of ketones is 1. The largest absolute Gasteiger partial charge is 0.497 e. The molecule has 1 aliphatic carbocycles. The van der Waals surface area contributed by atoms with Crippen molar-refractivity contribution in [2.45, 2.75) is 32.7 Å². The minimum Gasteiger partial charge on any atom is -0.497 e. The molecule has 0 saturated heterocycles. The van der Waals surface area contributed by atoms with Gasteiger partial charge >= 0.3 is 0 Å². The van der Waals surface area contributed by atoms with E-state index in [0.29, 0.717) is 11.4 Å². The molecule has 0 spiro atoms. The zero-order chi connectivity index (χ0) is 19.2. The van der Waals surface area contributed by atoms with Gasteiger partial charge in [0.25, 0.3) is 0 Å². The van der Waals surface area contributed by atoms with Crippen LogP contribution < -0.4 is 15.4 Å². The van der Waals surface area contributed by atoms with Crippen LogP contribution in [-0.2, 0) is 4.79 Å². The first-order chi connectivity index (χ1) is 12.9. The third kappa shape index (κ3) is 3.42. The summed E-state index contributed by atoms with van der Waals surface area (Å²) in [5.74, 6) is 0.941. The molecule has 0 fully saturated rings. The Balaban J connectivity index is 1.89. The first-order valence-electron chi connectivity index (χ1n) is 9.10. The molecule has 0 aromatic heterocycles. The number of allylic oxidation sites excluding steroid dienone is 1. The molecule has 0 saturated carbocycles. The molecule has 5 heteroatoms. The zero-order valence-electron chi connectivity index (χ0n) is 15.7. The van der Waals surface area contributed by atoms with Crippen LogP contribution in [0, 0.1) is 5.41 Å². The molecule has 4 rings (SSSR count). The Kier molecular flexibility index (Phi) is 4.39. The van der Waals surface area contributed by atoms with Crippen LogP contribution in [0.5, 0.6) is 5.75 Å². The molecule has 2 aliphatic rings. The molecule has 1 unspecified atom stereocenters. The summed E-state index contributed by atoms with van der Waals surface area (Å²) in [6.45, 7) is 4.27. The van der Waals surface area contributed by atoms with Crippen molar-refractivity contribution in [3.8, 4) is 5.75 Å². The van der Waals surface area contributed by atoms with Crippen LogP contribution in [0.1, 0.15) is 38.3 Å². The van der Waals surface area contributed by atoms with Gasteiger partial charge in [-0.05, 0) is 47.7 Å². The SMILES string of the molecule is COc1cccc(C2Nc3cc(Cl)ccc3NC3=C2C(=O)CC(C)(C)C3)c1. The predicted octanol–water partition coefficient (Wildman–Crippen LogP) is 5.57. The lowest BCUT2D eigenvalue weighted by Gasteiger charge is -2.34. The Morgan fingerprint density at radius 1 is 1.11 bits per heavy atom. The van der Waals surface area contributed by atoms with Crippen molar-refractivity contribution in [2.75, 3.05) is 17.7 Å². The highest BCUT2D eigenvalue weighted by Crippen LogP contribution is 2.46. The van der Waals surface area contributed by atoms with E-state index in [0.717, 1.165) is 40.4 Å². The predicted molar refractivity (Wildman–Crippen MR) is 109 cm³/mol. The van der Waals surface area contributed by atoms with E-state index >= 15 is 0 Å². The van der Waals surface area contributed by atoms with E-state index in [1.807, 2.05) is 42.5 Å². The highest BCUT2D eigenvalue weighted by atomic mass is 35.5. The van der Waals surface area contributed by atoms with Gasteiger partial charge in [0.2, 0.25) is 0 Å². The molecular formula is C22H23ClN2O2. The maximum absolute atomic E-state index is 13.2. The number of Topliss-reactive ketones (excluding diaryl/α,β-unsaturated/α-hetero) is 1. The summed E-state index contributed by atoms with van der Waals surface area (Å²) in [6, 6.07) is 13.3. The van der Waals surface area contributed by atoms with Crippen LogP contribution in [0.25, 0.3) is 0 Å². The van der Waals surface area contributed by atoms with Crippen molar-refractivity contribution in [1.82, 2.24) is 0 Å². The Bertz CT molecular complexity index is 949. The first-order valence-corrected chi connectivity index (χ1v) is 9.47. The van der Waals surface area contributed by atoms with Gasteiger partial charge in [0.05, 0.1) is 24.5 Å². The molecule has 4 nitrogen and oxygen atoms in total. The van der Waals surface area contributed by atoms with Crippen LogP contribution in [-0.4, -0.2) is 12.9 Å². The van der Waals surface area contributed by atoms with Gasteiger partial charge in [-0.2, -0.15) is 0 Å². The van der Waals surface area contributed by atoms with Gasteiger partial charge < -0.3 is 15.4 Å². The maximum Gasteiger partial charge on any atom is 0.163 e. The summed E-state index contributed by atoms with van der Waals surface area (Å²) in [5.41, 5.74) is 4.52. The number of carbonyl (C=O) groups is 1. The minimum absolute atomic E-state index is 0.0707. The van der Waals surface area contributed by atoms with E-state index in [2.05, 4.69) is 24.5 Å². The maximum atomic E-state index is 13.2. The van der Waals surface area contributed by atoms with E-state index in [1.165, 1.54) is 0 Å². The lowest BCUT2D eigenvalue weighted by Crippen LogP contribution is -2.31. The van der Waals surface area contributed by atoms with Crippen molar-refractivity contribution in [2.24, 2.45) is 5.41 Å². The lowest BCUT2D eigenvalue weighted by molar-refractivity contribution is -0.118. The van der Waals surface area contributed by atoms with Gasteiger partial charge in [-0.3, -0.25) is 4.79 Å². The van der Waals surface area contributed by atoms with E-state index in [1.54, 1.807) is 7.11 Å². The van der Waals surface area contributed by atoms with Crippen molar-refractivity contribution < 1.29 is 9.53 Å². The summed E-state index contributed by atoms with van der Waals surface area (Å²) in [5, 5.41) is 7.70. The Morgan fingerprint density at radius 3 is 2.70 bits per heavy atom. The number of methoxy groups -OCH3 is 1. The Labute approximate surface area is 164 Å². The number of hydrogen-bond donors (Lipinski definition) is 2. The lowest BCUT2D eigenvalue weighted by atomic mass is 9.73. The average molecular weight is 383 g/mol. The van der Waals surface area contributed by atoms with Gasteiger partial charge in [0.15, 0.2) is 5.78 Å². The summed E-state index contributed by atoms with van der Waals surface area (Å²) < 4.78 is 5.40. The second kappa shape index (κ2) is 6.61. The van der Waals surface area contributed by atoms with Gasteiger partial charge in [-0.1, -0.05) is 37.6 Å². The fourth-order valence-corrected chi connectivity index (χ4v) is 4.16. The standard InChI is InChI=1S/C22H23ClN2O2/c1-22(2)11-18-20(19(26)12-22)21(13-5-4-6-15(9-13)27-3)25-17-10-14(23)7-8-16(17)24-18/h4-10,21,24-25H,11-12H2,1-3H3. The van der Waals surface area contributed by atoms with Crippen molar-refractivity contribution in [3.63, 3.8) is 0 Å². The number of fused-ring (bicyclic) bond motifs is 1. The average Bonchev–Trinajstić information content (AvgIpc) is 2.77. The second-order valence-corrected chi connectivity index (χ2v) is 8.44. The molecule has 140 valence electrons. The molecule has 0 amide bonds. The van der Waals surface area contributed by atoms with Crippen molar-refractivity contribution in [3.05, 3.63) is 64.3 Å². The molecule has 2 N–H and O–H groups in total. The minimum atomic E-state index is -0.258. The quantitative estimate of drug-likeness (QED) is 0.712. The van der Waals surface area contributed by atoms with Gasteiger partial charge in [-0.15, -0.1) is 0 Å². The highest BCUT2D eigenvalue weighted by molar-refractivity contribution is 6.31. The Hall–Kier alpha value is -2.46. The zero-order valence-corrected chi connectivity index (χ0v) is 16.5. The van der Waals surface area contributed by atoms with Crippen LogP contribution in [0.3, 0.4) is 0 Å². The summed E-state index contributed by atoms with van der Waals surface area (Å²) in [4.78, 5) is 13.2. The molecule has 27 heavy (non-hydrogen) atoms. The first kappa shape index (κ1) is 17.9. The van der Waals surface area contributed by atoms with Crippen LogP contribution >= 0.6 is 11.6 Å². The van der Waals surface area contributed by atoms with Gasteiger partial charge in [0.1, 0.15) is 5.75 Å². The Morgan fingerprint density at radius 2 is 1.93 bits per heavy atom. The summed E-state index contributed by atoms with van der Waals surface area (Å²) in [7, 11) is 1.65. The smallest absolute Gasteiger partial charge is 0.163 e. The number of anilines is 2. The molecule has 1 atom stereocenters. The normalized spacial score (nSPS) is 20.7. The summed E-state index contributed by atoms with van der Waals surface area (Å²) in [6.07, 6.45) is 1.35. The molecule has 0 radical (unpaired) electrons. The van der Waals surface area contributed by atoms with Crippen molar-refractivity contribution >= 4 is 28.8 Å². The van der Waals surface area contributed by atoms with Crippen LogP contribution in [0.4, 0.5) is 11.4 Å². The van der Waals surface area contributed by atoms with Crippen LogP contribution in [0.15, 0.2) is 53.7 Å². The fraction of sp³-hybridized carbons (Fsp3) is 0.318. The monoisotopic (exact) mass is 382 g/mol. The molecule has 0 bridgehead atoms. The van der Waals surface area contributed by atoms with E-state index in [4.69, 9.17) is 16.3 Å². The second-order valence-electron chi connectivity index (χ2n) is 8.00.